The highest BCUT2D eigenvalue weighted by atomic mass is 35.5. The zero-order chi connectivity index (χ0) is 11.5. The van der Waals surface area contributed by atoms with E-state index in [1.54, 1.807) is 18.2 Å². The molecule has 6 nitrogen and oxygen atoms in total. The lowest BCUT2D eigenvalue weighted by Gasteiger charge is -2.01. The fraction of sp³-hybridized carbons (Fsp3) is 0.111. The number of nitrogens with one attached hydrogen (secondary N) is 1. The van der Waals surface area contributed by atoms with Crippen LogP contribution in [0.1, 0.15) is 5.69 Å². The van der Waals surface area contributed by atoms with Gasteiger partial charge in [-0.25, -0.2) is 9.78 Å². The van der Waals surface area contributed by atoms with Gasteiger partial charge in [-0.1, -0.05) is 11.6 Å². The predicted molar refractivity (Wildman–Crippen MR) is 57.2 cm³/mol. The maximum Gasteiger partial charge on any atom is 0.404 e. The molecule has 0 saturated carbocycles. The molecule has 0 fully saturated rings. The van der Waals surface area contributed by atoms with Gasteiger partial charge in [0, 0.05) is 0 Å². The van der Waals surface area contributed by atoms with E-state index in [1.165, 1.54) is 0 Å². The van der Waals surface area contributed by atoms with Gasteiger partial charge in [0.1, 0.15) is 10.7 Å². The second-order valence-corrected chi connectivity index (χ2v) is 3.42. The minimum absolute atomic E-state index is 0.0897. The molecule has 0 aliphatic carbocycles. The molecule has 16 heavy (non-hydrogen) atoms. The van der Waals surface area contributed by atoms with Gasteiger partial charge < -0.3 is 10.4 Å². The number of nitrogens with zero attached hydrogens (tertiary/aromatic N) is 3. The van der Waals surface area contributed by atoms with Crippen LogP contribution in [-0.2, 0) is 6.54 Å². The van der Waals surface area contributed by atoms with Crippen molar-refractivity contribution in [2.24, 2.45) is 0 Å². The Bertz CT molecular complexity index is 546. The molecule has 2 heterocycles. The monoisotopic (exact) mass is 238 g/mol. The Hall–Kier alpha value is -1.95. The molecule has 0 spiro atoms. The van der Waals surface area contributed by atoms with Crippen LogP contribution in [0.4, 0.5) is 4.79 Å². The predicted octanol–water partition coefficient (Wildman–Crippen LogP) is 1.45. The summed E-state index contributed by atoms with van der Waals surface area (Å²) in [6.07, 6.45) is -1.11. The highest BCUT2D eigenvalue weighted by molar-refractivity contribution is 6.29. The standard InChI is InChI=1S/C9H7ClN4O2/c10-8-2-1-6-7(12-8)3-5(13-14-6)4-11-9(15)16/h1-3,11H,4H2,(H,15,16). The molecular formula is C9H7ClN4O2. The van der Waals surface area contributed by atoms with Crippen LogP contribution in [-0.4, -0.2) is 26.4 Å². The molecule has 2 rings (SSSR count). The van der Waals surface area contributed by atoms with Crippen LogP contribution in [0, 0.1) is 0 Å². The lowest BCUT2D eigenvalue weighted by atomic mass is 10.3. The van der Waals surface area contributed by atoms with E-state index in [1.807, 2.05) is 0 Å². The molecule has 0 saturated heterocycles. The van der Waals surface area contributed by atoms with E-state index in [0.29, 0.717) is 21.9 Å². The second-order valence-electron chi connectivity index (χ2n) is 3.03. The molecule has 0 aromatic carbocycles. The fourth-order valence-corrected chi connectivity index (χ4v) is 1.34. The van der Waals surface area contributed by atoms with E-state index in [-0.39, 0.29) is 6.54 Å². The first-order valence-electron chi connectivity index (χ1n) is 4.41. The van der Waals surface area contributed by atoms with Gasteiger partial charge in [-0.3, -0.25) is 0 Å². The van der Waals surface area contributed by atoms with Crippen LogP contribution in [0.15, 0.2) is 18.2 Å². The van der Waals surface area contributed by atoms with Crippen LogP contribution < -0.4 is 5.32 Å². The van der Waals surface area contributed by atoms with Crippen molar-refractivity contribution in [2.75, 3.05) is 0 Å². The Morgan fingerprint density at radius 3 is 2.94 bits per heavy atom. The zero-order valence-corrected chi connectivity index (χ0v) is 8.77. The van der Waals surface area contributed by atoms with Crippen LogP contribution in [0.25, 0.3) is 11.0 Å². The Morgan fingerprint density at radius 2 is 2.19 bits per heavy atom. The Kier molecular flexibility index (Phi) is 2.82. The largest absolute Gasteiger partial charge is 0.465 e. The third-order valence-electron chi connectivity index (χ3n) is 1.88. The number of carbonyl (C=O) groups is 1. The lowest BCUT2D eigenvalue weighted by molar-refractivity contribution is 0.194. The maximum atomic E-state index is 10.3. The number of fused-ring (bicyclic) bond motifs is 1. The molecular weight excluding hydrogens is 232 g/mol. The number of hydrogen-bond acceptors (Lipinski definition) is 4. The van der Waals surface area contributed by atoms with Crippen LogP contribution in [0.2, 0.25) is 5.15 Å². The van der Waals surface area contributed by atoms with Gasteiger partial charge in [0.15, 0.2) is 0 Å². The Morgan fingerprint density at radius 1 is 1.38 bits per heavy atom. The van der Waals surface area contributed by atoms with Crippen molar-refractivity contribution in [3.8, 4) is 0 Å². The third-order valence-corrected chi connectivity index (χ3v) is 2.09. The third kappa shape index (κ3) is 2.34. The summed E-state index contributed by atoms with van der Waals surface area (Å²) >= 11 is 5.73. The molecule has 0 bridgehead atoms. The highest BCUT2D eigenvalue weighted by Crippen LogP contribution is 2.12. The van der Waals surface area contributed by atoms with Crippen molar-refractivity contribution in [3.05, 3.63) is 29.0 Å². The van der Waals surface area contributed by atoms with Gasteiger partial charge in [-0.2, -0.15) is 5.10 Å². The van der Waals surface area contributed by atoms with E-state index < -0.39 is 6.09 Å². The second kappa shape index (κ2) is 4.28. The summed E-state index contributed by atoms with van der Waals surface area (Å²) in [7, 11) is 0. The molecule has 82 valence electrons. The summed E-state index contributed by atoms with van der Waals surface area (Å²) < 4.78 is 0. The van der Waals surface area contributed by atoms with Crippen molar-refractivity contribution >= 4 is 28.7 Å². The summed E-state index contributed by atoms with van der Waals surface area (Å²) in [6.45, 7) is 0.0897. The van der Waals surface area contributed by atoms with Crippen molar-refractivity contribution in [1.82, 2.24) is 20.5 Å². The number of carboxylic acid groups (broad SMARTS) is 1. The lowest BCUT2D eigenvalue weighted by Crippen LogP contribution is -2.20. The zero-order valence-electron chi connectivity index (χ0n) is 8.01. The smallest absolute Gasteiger partial charge is 0.404 e. The number of halogens is 1. The van der Waals surface area contributed by atoms with Crippen LogP contribution in [0.5, 0.6) is 0 Å². The van der Waals surface area contributed by atoms with E-state index in [4.69, 9.17) is 16.7 Å². The summed E-state index contributed by atoms with van der Waals surface area (Å²) in [6, 6.07) is 4.96. The van der Waals surface area contributed by atoms with Gasteiger partial charge in [0.05, 0.1) is 17.8 Å². The van der Waals surface area contributed by atoms with Gasteiger partial charge in [-0.15, -0.1) is 5.10 Å². The average Bonchev–Trinajstić information content (AvgIpc) is 2.25. The number of hydrogen-bond donors (Lipinski definition) is 2. The first-order valence-corrected chi connectivity index (χ1v) is 4.78. The number of pyridine rings is 1. The van der Waals surface area contributed by atoms with Crippen molar-refractivity contribution in [1.29, 1.82) is 0 Å². The van der Waals surface area contributed by atoms with Crippen molar-refractivity contribution in [2.45, 2.75) is 6.54 Å². The fourth-order valence-electron chi connectivity index (χ4n) is 1.19. The van der Waals surface area contributed by atoms with E-state index >= 15 is 0 Å². The molecule has 2 N–H and O–H groups in total. The Labute approximate surface area is 95.3 Å². The number of aromatic nitrogens is 3. The van der Waals surface area contributed by atoms with E-state index in [9.17, 15) is 4.79 Å². The van der Waals surface area contributed by atoms with Gasteiger partial charge in [-0.05, 0) is 18.2 Å². The van der Waals surface area contributed by atoms with Gasteiger partial charge >= 0.3 is 6.09 Å². The highest BCUT2D eigenvalue weighted by Gasteiger charge is 2.03. The van der Waals surface area contributed by atoms with Crippen molar-refractivity contribution < 1.29 is 9.90 Å². The molecule has 0 aliphatic rings. The van der Waals surface area contributed by atoms with Gasteiger partial charge in [0.2, 0.25) is 0 Å². The minimum atomic E-state index is -1.11. The molecule has 1 amide bonds. The molecule has 0 aliphatic heterocycles. The summed E-state index contributed by atoms with van der Waals surface area (Å²) in [5.74, 6) is 0. The maximum absolute atomic E-state index is 10.3. The first kappa shape index (κ1) is 10.6. The average molecular weight is 239 g/mol. The summed E-state index contributed by atoms with van der Waals surface area (Å²) in [4.78, 5) is 14.3. The molecule has 2 aromatic heterocycles. The molecule has 2 aromatic rings. The SMILES string of the molecule is O=C(O)NCc1cc2nc(Cl)ccc2nn1. The number of amides is 1. The van der Waals surface area contributed by atoms with E-state index in [0.717, 1.165) is 0 Å². The summed E-state index contributed by atoms with van der Waals surface area (Å²) in [5.41, 5.74) is 1.69. The Balaban J connectivity index is 2.31. The molecule has 7 heteroatoms. The molecule has 0 radical (unpaired) electrons. The van der Waals surface area contributed by atoms with Crippen molar-refractivity contribution in [3.63, 3.8) is 0 Å². The first-order chi connectivity index (χ1) is 7.65. The topological polar surface area (TPSA) is 88.0 Å². The van der Waals surface area contributed by atoms with Crippen LogP contribution >= 0.6 is 11.6 Å². The molecule has 0 unspecified atom stereocenters. The van der Waals surface area contributed by atoms with Gasteiger partial charge in [0.25, 0.3) is 0 Å². The normalized spacial score (nSPS) is 10.3. The quantitative estimate of drug-likeness (QED) is 0.773. The van der Waals surface area contributed by atoms with E-state index in [2.05, 4.69) is 20.5 Å². The van der Waals surface area contributed by atoms with Crippen LogP contribution in [0.3, 0.4) is 0 Å². The number of rotatable bonds is 2. The minimum Gasteiger partial charge on any atom is -0.465 e. The summed E-state index contributed by atoms with van der Waals surface area (Å²) in [5, 5.41) is 18.7. The molecule has 0 atom stereocenters.